The Kier molecular flexibility index (Phi) is 2.72. The van der Waals surface area contributed by atoms with E-state index >= 15 is 0 Å². The Morgan fingerprint density at radius 3 is 2.60 bits per heavy atom. The van der Waals surface area contributed by atoms with E-state index in [1.54, 1.807) is 0 Å². The van der Waals surface area contributed by atoms with Crippen molar-refractivity contribution in [2.24, 2.45) is 16.3 Å². The summed E-state index contributed by atoms with van der Waals surface area (Å²) >= 11 is 0. The molecule has 0 aromatic carbocycles. The fourth-order valence-electron chi connectivity index (χ4n) is 2.81. The topological polar surface area (TPSA) is 41.6 Å². The van der Waals surface area contributed by atoms with Gasteiger partial charge in [-0.15, -0.1) is 0 Å². The molecular weight excluding hydrogens is 186 g/mol. The van der Waals surface area contributed by atoms with Crippen molar-refractivity contribution in [3.05, 3.63) is 12.3 Å². The second kappa shape index (κ2) is 3.87. The summed E-state index contributed by atoms with van der Waals surface area (Å²) in [5, 5.41) is 6.70. The van der Waals surface area contributed by atoms with Gasteiger partial charge in [0.2, 0.25) is 0 Å². The molecular formula is C12H21N3. The molecule has 2 aliphatic rings. The van der Waals surface area contributed by atoms with Crippen molar-refractivity contribution in [3.63, 3.8) is 0 Å². The Bertz CT molecular complexity index is 287. The molecule has 0 aromatic rings. The average molecular weight is 207 g/mol. The molecule has 3 nitrogen and oxygen atoms in total. The Morgan fingerprint density at radius 1 is 1.33 bits per heavy atom. The van der Waals surface area contributed by atoms with Crippen molar-refractivity contribution < 1.29 is 0 Å². The van der Waals surface area contributed by atoms with E-state index in [1.165, 1.54) is 32.1 Å². The van der Waals surface area contributed by atoms with Gasteiger partial charge < -0.3 is 5.73 Å². The first-order chi connectivity index (χ1) is 7.11. The second-order valence-electron chi connectivity index (χ2n) is 5.06. The molecule has 1 spiro atoms. The van der Waals surface area contributed by atoms with Gasteiger partial charge in [0.25, 0.3) is 0 Å². The Morgan fingerprint density at radius 2 is 2.00 bits per heavy atom. The van der Waals surface area contributed by atoms with E-state index in [2.05, 4.69) is 16.7 Å². The van der Waals surface area contributed by atoms with Crippen LogP contribution in [0.15, 0.2) is 17.4 Å². The third-order valence-electron chi connectivity index (χ3n) is 3.84. The first-order valence-corrected chi connectivity index (χ1v) is 5.86. The van der Waals surface area contributed by atoms with Gasteiger partial charge in [-0.05, 0) is 31.6 Å². The lowest BCUT2D eigenvalue weighted by Crippen LogP contribution is -2.23. The molecule has 1 aliphatic heterocycles. The van der Waals surface area contributed by atoms with Gasteiger partial charge in [-0.1, -0.05) is 19.4 Å². The minimum Gasteiger partial charge on any atom is -0.398 e. The quantitative estimate of drug-likeness (QED) is 0.705. The van der Waals surface area contributed by atoms with Crippen LogP contribution in [0.25, 0.3) is 0 Å². The summed E-state index contributed by atoms with van der Waals surface area (Å²) < 4.78 is 0. The Balaban J connectivity index is 1.98. The fraction of sp³-hybridized carbons (Fsp3) is 0.750. The lowest BCUT2D eigenvalue weighted by Gasteiger charge is -2.22. The summed E-state index contributed by atoms with van der Waals surface area (Å²) in [5.41, 5.74) is 7.64. The Hall–Kier alpha value is -0.990. The highest BCUT2D eigenvalue weighted by Gasteiger charge is 2.39. The van der Waals surface area contributed by atoms with Crippen molar-refractivity contribution in [3.8, 4) is 0 Å². The number of hydrogen-bond acceptors (Lipinski definition) is 3. The van der Waals surface area contributed by atoms with Crippen LogP contribution in [0.1, 0.15) is 39.0 Å². The van der Waals surface area contributed by atoms with Gasteiger partial charge in [0.05, 0.1) is 5.71 Å². The van der Waals surface area contributed by atoms with Crippen LogP contribution in [0.4, 0.5) is 0 Å². The summed E-state index contributed by atoms with van der Waals surface area (Å²) in [6, 6.07) is 0. The molecule has 0 amide bonds. The van der Waals surface area contributed by atoms with Crippen LogP contribution in [0, 0.1) is 5.41 Å². The van der Waals surface area contributed by atoms with Gasteiger partial charge in [0.1, 0.15) is 0 Å². The molecule has 2 rings (SSSR count). The molecule has 0 unspecified atom stereocenters. The first kappa shape index (κ1) is 10.5. The van der Waals surface area contributed by atoms with Crippen LogP contribution in [0.2, 0.25) is 0 Å². The maximum absolute atomic E-state index is 5.61. The first-order valence-electron chi connectivity index (χ1n) is 5.86. The molecule has 15 heavy (non-hydrogen) atoms. The molecule has 0 atom stereocenters. The zero-order valence-electron chi connectivity index (χ0n) is 9.63. The van der Waals surface area contributed by atoms with Gasteiger partial charge in [-0.3, -0.25) is 5.01 Å². The average Bonchev–Trinajstić information content (AvgIpc) is 2.78. The smallest absolute Gasteiger partial charge is 0.0797 e. The van der Waals surface area contributed by atoms with E-state index < -0.39 is 0 Å². The van der Waals surface area contributed by atoms with E-state index in [4.69, 9.17) is 5.73 Å². The van der Waals surface area contributed by atoms with Crippen molar-refractivity contribution in [2.45, 2.75) is 39.0 Å². The summed E-state index contributed by atoms with van der Waals surface area (Å²) in [6.45, 7) is 7.85. The predicted molar refractivity (Wildman–Crippen MR) is 63.5 cm³/mol. The number of nitrogens with zero attached hydrogens (tertiary/aromatic N) is 2. The van der Waals surface area contributed by atoms with Crippen molar-refractivity contribution in [1.82, 2.24) is 5.01 Å². The van der Waals surface area contributed by atoms with Crippen LogP contribution in [0.3, 0.4) is 0 Å². The maximum atomic E-state index is 5.61. The van der Waals surface area contributed by atoms with Gasteiger partial charge in [-0.25, -0.2) is 0 Å². The van der Waals surface area contributed by atoms with E-state index in [0.29, 0.717) is 11.1 Å². The highest BCUT2D eigenvalue weighted by Crippen LogP contribution is 2.45. The minimum absolute atomic E-state index is 0.583. The van der Waals surface area contributed by atoms with Crippen molar-refractivity contribution in [2.75, 3.05) is 13.1 Å². The maximum Gasteiger partial charge on any atom is 0.0797 e. The van der Waals surface area contributed by atoms with Crippen LogP contribution in [-0.2, 0) is 0 Å². The highest BCUT2D eigenvalue weighted by atomic mass is 15.5. The summed E-state index contributed by atoms with van der Waals surface area (Å²) in [6.07, 6.45) is 6.89. The van der Waals surface area contributed by atoms with Gasteiger partial charge in [0.15, 0.2) is 0 Å². The number of nitrogens with two attached hydrogens (primary N) is 1. The van der Waals surface area contributed by atoms with E-state index in [9.17, 15) is 0 Å². The lowest BCUT2D eigenvalue weighted by molar-refractivity contribution is 0.269. The van der Waals surface area contributed by atoms with Gasteiger partial charge in [-0.2, -0.15) is 5.10 Å². The molecule has 1 aliphatic carbocycles. The third kappa shape index (κ3) is 2.16. The summed E-state index contributed by atoms with van der Waals surface area (Å²) in [7, 11) is 0. The molecule has 0 radical (unpaired) electrons. The SMILES string of the molecule is C=C(N)/C(C)=N/N1CCC2(CCCC2)C1. The molecule has 84 valence electrons. The normalized spacial score (nSPS) is 25.1. The highest BCUT2D eigenvalue weighted by molar-refractivity contribution is 5.96. The summed E-state index contributed by atoms with van der Waals surface area (Å²) in [4.78, 5) is 0. The standard InChI is InChI=1S/C12H21N3/c1-10(13)11(2)14-15-8-7-12(9-15)5-3-4-6-12/h1,3-9,13H2,2H3/b14-11+. The minimum atomic E-state index is 0.583. The molecule has 2 fully saturated rings. The number of hydrazone groups is 1. The molecule has 2 N–H and O–H groups in total. The molecule has 3 heteroatoms. The van der Waals surface area contributed by atoms with E-state index in [-0.39, 0.29) is 0 Å². The number of hydrogen-bond donors (Lipinski definition) is 1. The second-order valence-corrected chi connectivity index (χ2v) is 5.06. The third-order valence-corrected chi connectivity index (χ3v) is 3.84. The number of allylic oxidation sites excluding steroid dienone is 1. The predicted octanol–water partition coefficient (Wildman–Crippen LogP) is 2.10. The summed E-state index contributed by atoms with van der Waals surface area (Å²) in [5.74, 6) is 0. The van der Waals surface area contributed by atoms with Crippen molar-refractivity contribution >= 4 is 5.71 Å². The van der Waals surface area contributed by atoms with Gasteiger partial charge in [0, 0.05) is 18.8 Å². The molecule has 0 aromatic heterocycles. The monoisotopic (exact) mass is 207 g/mol. The van der Waals surface area contributed by atoms with Crippen LogP contribution >= 0.6 is 0 Å². The van der Waals surface area contributed by atoms with E-state index in [1.807, 2.05) is 6.92 Å². The largest absolute Gasteiger partial charge is 0.398 e. The molecule has 1 saturated carbocycles. The zero-order chi connectivity index (χ0) is 10.9. The van der Waals surface area contributed by atoms with Gasteiger partial charge >= 0.3 is 0 Å². The lowest BCUT2D eigenvalue weighted by atomic mass is 9.86. The van der Waals surface area contributed by atoms with Crippen LogP contribution in [-0.4, -0.2) is 23.8 Å². The van der Waals surface area contributed by atoms with Crippen LogP contribution in [0.5, 0.6) is 0 Å². The molecule has 1 heterocycles. The molecule has 1 saturated heterocycles. The zero-order valence-corrected chi connectivity index (χ0v) is 9.63. The number of rotatable bonds is 2. The Labute approximate surface area is 92.0 Å². The molecule has 0 bridgehead atoms. The van der Waals surface area contributed by atoms with E-state index in [0.717, 1.165) is 18.8 Å². The fourth-order valence-corrected chi connectivity index (χ4v) is 2.81. The van der Waals surface area contributed by atoms with Crippen LogP contribution < -0.4 is 5.73 Å². The van der Waals surface area contributed by atoms with Crippen molar-refractivity contribution in [1.29, 1.82) is 0 Å².